The molecule has 8 nitrogen and oxygen atoms in total. The zero-order valence-corrected chi connectivity index (χ0v) is 17.7. The Labute approximate surface area is 181 Å². The molecule has 10 heteroatoms. The molecule has 0 aromatic carbocycles. The molecule has 0 unspecified atom stereocenters. The van der Waals surface area contributed by atoms with Crippen LogP contribution in [0.15, 0.2) is 34.5 Å². The average molecular weight is 441 g/mol. The first kappa shape index (κ1) is 21.5. The maximum absolute atomic E-state index is 14.9. The van der Waals surface area contributed by atoms with Crippen molar-refractivity contribution in [1.29, 1.82) is 0 Å². The number of alkyl halides is 1. The van der Waals surface area contributed by atoms with E-state index < -0.39 is 29.4 Å². The zero-order valence-electron chi connectivity index (χ0n) is 17.7. The van der Waals surface area contributed by atoms with Gasteiger partial charge in [0.2, 0.25) is 5.91 Å². The number of pyridine rings is 3. The zero-order chi connectivity index (χ0) is 23.2. The van der Waals surface area contributed by atoms with Gasteiger partial charge in [-0.15, -0.1) is 0 Å². The summed E-state index contributed by atoms with van der Waals surface area (Å²) < 4.78 is 29.4. The summed E-state index contributed by atoms with van der Waals surface area (Å²) in [4.78, 5) is 33.3. The van der Waals surface area contributed by atoms with Gasteiger partial charge in [0.05, 0.1) is 11.4 Å². The average Bonchev–Trinajstić information content (AvgIpc) is 3.52. The molecule has 0 saturated heterocycles. The fourth-order valence-electron chi connectivity index (χ4n) is 3.62. The lowest BCUT2D eigenvalue weighted by Gasteiger charge is -2.13. The number of carbonyl (C=O) groups is 1. The van der Waals surface area contributed by atoms with Gasteiger partial charge in [-0.3, -0.25) is 14.6 Å². The highest BCUT2D eigenvalue weighted by Crippen LogP contribution is 2.34. The van der Waals surface area contributed by atoms with Crippen LogP contribution in [-0.4, -0.2) is 37.5 Å². The SMILES string of the molecule is CC/C(=N\O)c1ncc(-c2cc3cnc(NC(=O)[C@H]4C[C@H]4F)cc3n(C)c2=O)c(C)c1F. The van der Waals surface area contributed by atoms with E-state index in [2.05, 4.69) is 20.4 Å². The molecule has 0 bridgehead atoms. The number of hydrogen-bond acceptors (Lipinski definition) is 6. The first-order valence-corrected chi connectivity index (χ1v) is 10.1. The van der Waals surface area contributed by atoms with Crippen LogP contribution in [0.5, 0.6) is 0 Å². The Hall–Kier alpha value is -3.69. The van der Waals surface area contributed by atoms with Crippen LogP contribution in [-0.2, 0) is 11.8 Å². The number of aromatic nitrogens is 3. The molecule has 1 amide bonds. The van der Waals surface area contributed by atoms with Gasteiger partial charge in [0, 0.05) is 42.0 Å². The minimum absolute atomic E-state index is 0.0675. The maximum Gasteiger partial charge on any atom is 0.258 e. The molecule has 0 spiro atoms. The summed E-state index contributed by atoms with van der Waals surface area (Å²) in [5.74, 6) is -1.55. The van der Waals surface area contributed by atoms with Gasteiger partial charge in [-0.1, -0.05) is 12.1 Å². The van der Waals surface area contributed by atoms with Gasteiger partial charge in [-0.25, -0.2) is 13.8 Å². The molecule has 32 heavy (non-hydrogen) atoms. The predicted molar refractivity (Wildman–Crippen MR) is 115 cm³/mol. The van der Waals surface area contributed by atoms with Crippen LogP contribution in [0.25, 0.3) is 22.0 Å². The number of nitrogens with zero attached hydrogens (tertiary/aromatic N) is 4. The van der Waals surface area contributed by atoms with E-state index in [0.717, 1.165) is 0 Å². The van der Waals surface area contributed by atoms with Crippen LogP contribution in [0, 0.1) is 18.7 Å². The number of anilines is 1. The smallest absolute Gasteiger partial charge is 0.258 e. The monoisotopic (exact) mass is 441 g/mol. The van der Waals surface area contributed by atoms with E-state index in [1.54, 1.807) is 20.0 Å². The molecule has 0 aliphatic heterocycles. The van der Waals surface area contributed by atoms with Crippen LogP contribution in [0.1, 0.15) is 31.0 Å². The van der Waals surface area contributed by atoms with Gasteiger partial charge in [0.15, 0.2) is 5.82 Å². The molecule has 3 heterocycles. The highest BCUT2D eigenvalue weighted by Gasteiger charge is 2.43. The Kier molecular flexibility index (Phi) is 5.45. The van der Waals surface area contributed by atoms with Gasteiger partial charge in [-0.2, -0.15) is 0 Å². The van der Waals surface area contributed by atoms with Crippen molar-refractivity contribution < 1.29 is 18.8 Å². The van der Waals surface area contributed by atoms with E-state index in [9.17, 15) is 18.4 Å². The summed E-state index contributed by atoms with van der Waals surface area (Å²) in [6, 6.07) is 3.12. The molecule has 3 aromatic heterocycles. The van der Waals surface area contributed by atoms with Crippen molar-refractivity contribution in [1.82, 2.24) is 14.5 Å². The van der Waals surface area contributed by atoms with Gasteiger partial charge in [0.1, 0.15) is 23.4 Å². The second-order valence-electron chi connectivity index (χ2n) is 7.76. The quantitative estimate of drug-likeness (QED) is 0.359. The normalized spacial score (nSPS) is 18.1. The third-order valence-electron chi connectivity index (χ3n) is 5.69. The Morgan fingerprint density at radius 1 is 1.31 bits per heavy atom. The molecule has 2 N–H and O–H groups in total. The van der Waals surface area contributed by atoms with Gasteiger partial charge in [-0.05, 0) is 31.4 Å². The van der Waals surface area contributed by atoms with E-state index in [-0.39, 0.29) is 41.2 Å². The van der Waals surface area contributed by atoms with E-state index in [0.29, 0.717) is 16.5 Å². The van der Waals surface area contributed by atoms with E-state index in [1.165, 1.54) is 30.0 Å². The first-order valence-electron chi connectivity index (χ1n) is 10.1. The molecule has 166 valence electrons. The third-order valence-corrected chi connectivity index (χ3v) is 5.69. The van der Waals surface area contributed by atoms with E-state index >= 15 is 0 Å². The van der Waals surface area contributed by atoms with Gasteiger partial charge >= 0.3 is 0 Å². The van der Waals surface area contributed by atoms with Crippen LogP contribution < -0.4 is 10.9 Å². The van der Waals surface area contributed by atoms with Crippen molar-refractivity contribution in [3.63, 3.8) is 0 Å². The number of carbonyl (C=O) groups excluding carboxylic acids is 1. The van der Waals surface area contributed by atoms with Crippen LogP contribution in [0.3, 0.4) is 0 Å². The summed E-state index contributed by atoms with van der Waals surface area (Å²) >= 11 is 0. The molecule has 1 saturated carbocycles. The molecule has 1 aliphatic rings. The number of hydrogen-bond donors (Lipinski definition) is 2. The fraction of sp³-hybridized carbons (Fsp3) is 0.318. The largest absolute Gasteiger partial charge is 0.411 e. The lowest BCUT2D eigenvalue weighted by atomic mass is 10.00. The summed E-state index contributed by atoms with van der Waals surface area (Å²) in [6.45, 7) is 3.24. The van der Waals surface area contributed by atoms with Crippen LogP contribution in [0.2, 0.25) is 0 Å². The molecule has 2 atom stereocenters. The van der Waals surface area contributed by atoms with Crippen molar-refractivity contribution in [2.45, 2.75) is 32.9 Å². The summed E-state index contributed by atoms with van der Waals surface area (Å²) in [6.07, 6.45) is 2.22. The number of halogens is 2. The topological polar surface area (TPSA) is 109 Å². The summed E-state index contributed by atoms with van der Waals surface area (Å²) in [5, 5.41) is 15.3. The summed E-state index contributed by atoms with van der Waals surface area (Å²) in [5.41, 5.74) is 0.877. The third kappa shape index (κ3) is 3.61. The minimum Gasteiger partial charge on any atom is -0.411 e. The highest BCUT2D eigenvalue weighted by molar-refractivity contribution is 5.99. The lowest BCUT2D eigenvalue weighted by Crippen LogP contribution is -2.21. The molecule has 1 fully saturated rings. The number of oxime groups is 1. The molecule has 4 rings (SSSR count). The molecule has 1 aliphatic carbocycles. The Balaban J connectivity index is 1.77. The Morgan fingerprint density at radius 2 is 2.03 bits per heavy atom. The van der Waals surface area contributed by atoms with Crippen molar-refractivity contribution >= 4 is 28.3 Å². The number of amides is 1. The van der Waals surface area contributed by atoms with E-state index in [1.807, 2.05) is 0 Å². The minimum atomic E-state index is -1.12. The fourth-order valence-corrected chi connectivity index (χ4v) is 3.62. The van der Waals surface area contributed by atoms with Crippen molar-refractivity contribution in [2.75, 3.05) is 5.32 Å². The van der Waals surface area contributed by atoms with Crippen molar-refractivity contribution in [2.24, 2.45) is 18.1 Å². The molecule has 0 radical (unpaired) electrons. The standard InChI is InChI=1S/C22H21F2N5O3/c1-4-16(28-32)20-19(24)10(2)14(9-26-20)12-5-11-8-25-18(7-17(11)29(3)22(12)31)27-21(30)13-6-15(13)23/h5,7-9,13,15,32H,4,6H2,1-3H3,(H,25,27,30)/b28-16+/t13-,15+/m0/s1. The van der Waals surface area contributed by atoms with Gasteiger partial charge in [0.25, 0.3) is 5.56 Å². The second kappa shape index (κ2) is 8.10. The van der Waals surface area contributed by atoms with Crippen LogP contribution >= 0.6 is 0 Å². The first-order chi connectivity index (χ1) is 15.3. The van der Waals surface area contributed by atoms with E-state index in [4.69, 9.17) is 5.21 Å². The second-order valence-corrected chi connectivity index (χ2v) is 7.76. The molecular formula is C22H21F2N5O3. The maximum atomic E-state index is 14.9. The van der Waals surface area contributed by atoms with Crippen molar-refractivity contribution in [3.05, 3.63) is 52.0 Å². The van der Waals surface area contributed by atoms with Gasteiger partial charge < -0.3 is 15.1 Å². The Morgan fingerprint density at radius 3 is 2.66 bits per heavy atom. The number of fused-ring (bicyclic) bond motifs is 1. The predicted octanol–water partition coefficient (Wildman–Crippen LogP) is 3.33. The summed E-state index contributed by atoms with van der Waals surface area (Å²) in [7, 11) is 1.55. The van der Waals surface area contributed by atoms with Crippen LogP contribution in [0.4, 0.5) is 14.6 Å². The Bertz CT molecular complexity index is 1340. The number of aryl methyl sites for hydroxylation is 1. The van der Waals surface area contributed by atoms with Crippen molar-refractivity contribution in [3.8, 4) is 11.1 Å². The molecular weight excluding hydrogens is 420 g/mol. The highest BCUT2D eigenvalue weighted by atomic mass is 19.1. The lowest BCUT2D eigenvalue weighted by molar-refractivity contribution is -0.117. The number of nitrogens with one attached hydrogen (secondary N) is 1. The molecule has 3 aromatic rings. The number of rotatable bonds is 5.